The van der Waals surface area contributed by atoms with E-state index in [-0.39, 0.29) is 4.49 Å². The monoisotopic (exact) mass is 426 g/mol. The van der Waals surface area contributed by atoms with Gasteiger partial charge in [0.05, 0.1) is 12.3 Å². The average molecular weight is 427 g/mol. The van der Waals surface area contributed by atoms with E-state index in [2.05, 4.69) is 18.5 Å². The van der Waals surface area contributed by atoms with Crippen LogP contribution in [0.15, 0.2) is 69.9 Å². The molecule has 0 N–H and O–H groups in total. The molecular weight excluding hydrogens is 402 g/mol. The molecule has 7 heteroatoms. The van der Waals surface area contributed by atoms with E-state index in [9.17, 15) is 0 Å². The Bertz CT molecular complexity index is 790. The molecule has 146 valence electrons. The zero-order valence-corrected chi connectivity index (χ0v) is 18.2. The summed E-state index contributed by atoms with van der Waals surface area (Å²) in [6, 6.07) is 19.2. The van der Waals surface area contributed by atoms with Gasteiger partial charge in [-0.25, -0.2) is 4.67 Å². The summed E-state index contributed by atoms with van der Waals surface area (Å²) in [5.74, 6) is 0.368. The molecule has 2 rings (SSSR count). The summed E-state index contributed by atoms with van der Waals surface area (Å²) in [6.07, 6.45) is 0. The minimum Gasteiger partial charge on any atom is -0.424 e. The lowest BCUT2D eigenvalue weighted by molar-refractivity contribution is 0.257. The highest BCUT2D eigenvalue weighted by Gasteiger charge is 2.32. The van der Waals surface area contributed by atoms with Crippen LogP contribution in [0.4, 0.5) is 5.69 Å². The first kappa shape index (κ1) is 22.0. The number of nitrogens with zero attached hydrogens (tertiary/aromatic N) is 2. The van der Waals surface area contributed by atoms with Gasteiger partial charge in [-0.2, -0.15) is 4.74 Å². The Morgan fingerprint density at radius 2 is 1.48 bits per heavy atom. The van der Waals surface area contributed by atoms with Crippen LogP contribution in [0.25, 0.3) is 5.76 Å². The van der Waals surface area contributed by atoms with E-state index < -0.39 is 7.66 Å². The van der Waals surface area contributed by atoms with Gasteiger partial charge in [-0.3, -0.25) is 0 Å². The summed E-state index contributed by atoms with van der Waals surface area (Å²) < 4.78 is 19.7. The smallest absolute Gasteiger partial charge is 0.348 e. The predicted molar refractivity (Wildman–Crippen MR) is 116 cm³/mol. The predicted octanol–water partition coefficient (Wildman–Crippen LogP) is 7.46. The molecule has 0 bridgehead atoms. The van der Waals surface area contributed by atoms with E-state index in [0.29, 0.717) is 25.5 Å². The second-order valence-corrected chi connectivity index (χ2v) is 8.67. The van der Waals surface area contributed by atoms with Crippen molar-refractivity contribution in [2.24, 2.45) is 4.74 Å². The Labute approximate surface area is 172 Å². The fourth-order valence-corrected chi connectivity index (χ4v) is 5.44. The van der Waals surface area contributed by atoms with E-state index in [4.69, 9.17) is 37.0 Å². The number of halogens is 2. The SMILES string of the molecule is CCOP(=Nc1ccccc1)(OC(=C(Cl)Cl)c1ccccc1)N(CC)CC. The number of hydrogen-bond acceptors (Lipinski definition) is 3. The first-order chi connectivity index (χ1) is 13.1. The molecule has 1 unspecified atom stereocenters. The molecule has 0 aromatic heterocycles. The van der Waals surface area contributed by atoms with Gasteiger partial charge in [0.1, 0.15) is 4.49 Å². The van der Waals surface area contributed by atoms with Gasteiger partial charge in [-0.05, 0) is 19.1 Å². The molecular formula is C20H25Cl2N2O2P. The molecule has 0 aliphatic rings. The maximum Gasteiger partial charge on any atom is 0.348 e. The molecule has 2 aromatic carbocycles. The van der Waals surface area contributed by atoms with Crippen LogP contribution in [0.2, 0.25) is 0 Å². The minimum absolute atomic E-state index is 0.0423. The lowest BCUT2D eigenvalue weighted by atomic mass is 10.2. The molecule has 0 aliphatic heterocycles. The lowest BCUT2D eigenvalue weighted by Crippen LogP contribution is -2.22. The lowest BCUT2D eigenvalue weighted by Gasteiger charge is -2.34. The molecule has 27 heavy (non-hydrogen) atoms. The molecule has 0 heterocycles. The Balaban J connectivity index is 2.64. The third-order valence-corrected chi connectivity index (χ3v) is 6.92. The topological polar surface area (TPSA) is 34.1 Å². The molecule has 0 fully saturated rings. The highest BCUT2D eigenvalue weighted by Crippen LogP contribution is 2.60. The Morgan fingerprint density at radius 3 is 1.96 bits per heavy atom. The van der Waals surface area contributed by atoms with E-state index in [1.54, 1.807) is 0 Å². The number of benzene rings is 2. The Hall–Kier alpha value is -1.29. The van der Waals surface area contributed by atoms with Crippen LogP contribution in [0.5, 0.6) is 0 Å². The molecule has 0 saturated carbocycles. The van der Waals surface area contributed by atoms with Gasteiger partial charge in [0, 0.05) is 18.7 Å². The number of hydrogen-bond donors (Lipinski definition) is 0. The van der Waals surface area contributed by atoms with E-state index in [0.717, 1.165) is 11.3 Å². The fraction of sp³-hybridized carbons (Fsp3) is 0.300. The summed E-state index contributed by atoms with van der Waals surface area (Å²) >= 11 is 12.4. The van der Waals surface area contributed by atoms with Crippen LogP contribution >= 0.6 is 30.9 Å². The quantitative estimate of drug-likeness (QED) is 0.308. The molecule has 0 spiro atoms. The maximum absolute atomic E-state index is 6.44. The average Bonchev–Trinajstić information content (AvgIpc) is 2.68. The van der Waals surface area contributed by atoms with E-state index >= 15 is 0 Å². The summed E-state index contributed by atoms with van der Waals surface area (Å²) in [6.45, 7) is 7.90. The first-order valence-corrected chi connectivity index (χ1v) is 11.2. The first-order valence-electron chi connectivity index (χ1n) is 8.93. The molecule has 0 aliphatic carbocycles. The molecule has 2 aromatic rings. The largest absolute Gasteiger partial charge is 0.424 e. The van der Waals surface area contributed by atoms with Crippen LogP contribution in [-0.4, -0.2) is 24.4 Å². The van der Waals surface area contributed by atoms with Crippen LogP contribution < -0.4 is 0 Å². The highest BCUT2D eigenvalue weighted by molar-refractivity contribution is 7.54. The van der Waals surface area contributed by atoms with Gasteiger partial charge >= 0.3 is 7.66 Å². The van der Waals surface area contributed by atoms with Crippen molar-refractivity contribution in [3.63, 3.8) is 0 Å². The Morgan fingerprint density at radius 1 is 0.926 bits per heavy atom. The van der Waals surface area contributed by atoms with Crippen molar-refractivity contribution in [2.75, 3.05) is 19.7 Å². The van der Waals surface area contributed by atoms with Crippen LogP contribution in [0.3, 0.4) is 0 Å². The van der Waals surface area contributed by atoms with Crippen molar-refractivity contribution < 1.29 is 9.05 Å². The van der Waals surface area contributed by atoms with Crippen molar-refractivity contribution in [1.29, 1.82) is 0 Å². The number of rotatable bonds is 9. The van der Waals surface area contributed by atoms with E-state index in [1.807, 2.05) is 67.6 Å². The van der Waals surface area contributed by atoms with Gasteiger partial charge in [-0.15, -0.1) is 0 Å². The van der Waals surface area contributed by atoms with Gasteiger partial charge in [0.2, 0.25) is 0 Å². The molecule has 0 radical (unpaired) electrons. The second kappa shape index (κ2) is 10.9. The van der Waals surface area contributed by atoms with Crippen molar-refractivity contribution >= 4 is 42.3 Å². The summed E-state index contributed by atoms with van der Waals surface area (Å²) in [5.41, 5.74) is 1.56. The van der Waals surface area contributed by atoms with Gasteiger partial charge in [0.25, 0.3) is 0 Å². The second-order valence-electron chi connectivity index (χ2n) is 5.53. The zero-order chi connectivity index (χ0) is 19.7. The van der Waals surface area contributed by atoms with Crippen molar-refractivity contribution in [3.05, 3.63) is 70.7 Å². The Kier molecular flexibility index (Phi) is 8.88. The summed E-state index contributed by atoms with van der Waals surface area (Å²) in [5, 5.41) is 0. The summed E-state index contributed by atoms with van der Waals surface area (Å²) in [4.78, 5) is 0. The highest BCUT2D eigenvalue weighted by atomic mass is 35.5. The van der Waals surface area contributed by atoms with Crippen molar-refractivity contribution in [2.45, 2.75) is 20.8 Å². The molecule has 1 atom stereocenters. The van der Waals surface area contributed by atoms with Crippen LogP contribution in [0.1, 0.15) is 26.3 Å². The van der Waals surface area contributed by atoms with Gasteiger partial charge < -0.3 is 9.05 Å². The third-order valence-electron chi connectivity index (χ3n) is 3.80. The maximum atomic E-state index is 6.44. The van der Waals surface area contributed by atoms with Crippen LogP contribution in [0, 0.1) is 0 Å². The standard InChI is InChI=1S/C20H25Cl2N2O2P/c1-4-24(5-2)27(25-6-3,23-18-15-11-8-12-16-18)26-19(20(21)22)17-13-9-7-10-14-17/h7-16H,4-6H2,1-3H3. The molecule has 0 saturated heterocycles. The van der Waals surface area contributed by atoms with Crippen LogP contribution in [-0.2, 0) is 9.05 Å². The fourth-order valence-electron chi connectivity index (χ4n) is 2.57. The minimum atomic E-state index is -2.87. The zero-order valence-electron chi connectivity index (χ0n) is 15.8. The van der Waals surface area contributed by atoms with Gasteiger partial charge in [0.15, 0.2) is 5.76 Å². The van der Waals surface area contributed by atoms with Crippen molar-refractivity contribution in [1.82, 2.24) is 4.67 Å². The van der Waals surface area contributed by atoms with E-state index in [1.165, 1.54) is 0 Å². The van der Waals surface area contributed by atoms with Crippen molar-refractivity contribution in [3.8, 4) is 0 Å². The normalized spacial score (nSPS) is 13.1. The van der Waals surface area contributed by atoms with Gasteiger partial charge in [-0.1, -0.05) is 85.6 Å². The third kappa shape index (κ3) is 5.84. The molecule has 4 nitrogen and oxygen atoms in total. The summed E-state index contributed by atoms with van der Waals surface area (Å²) in [7, 11) is -2.87. The molecule has 0 amide bonds.